The highest BCUT2D eigenvalue weighted by molar-refractivity contribution is 5.79. The fourth-order valence-electron chi connectivity index (χ4n) is 3.18. The molecule has 0 radical (unpaired) electrons. The number of amides is 1. The molecule has 0 spiro atoms. The zero-order chi connectivity index (χ0) is 15.9. The minimum absolute atomic E-state index is 0.159. The van der Waals surface area contributed by atoms with Crippen LogP contribution >= 0.6 is 0 Å². The van der Waals surface area contributed by atoms with E-state index >= 15 is 0 Å². The lowest BCUT2D eigenvalue weighted by Gasteiger charge is -2.34. The van der Waals surface area contributed by atoms with Crippen molar-refractivity contribution in [3.63, 3.8) is 0 Å². The number of ether oxygens (including phenoxy) is 1. The molecule has 0 unspecified atom stereocenters. The lowest BCUT2D eigenvalue weighted by atomic mass is 9.96. The molecule has 122 valence electrons. The standard InChI is InChI=1S/C18H28N2O2/c1-4-20(5-2)18(21)16-7-6-12-19(14-16)13-15-8-10-17(22-3)11-9-15/h8-11,16H,4-7,12-14H2,1-3H3/t16-/m0/s1. The minimum atomic E-state index is 0.159. The van der Waals surface area contributed by atoms with Gasteiger partial charge < -0.3 is 9.64 Å². The van der Waals surface area contributed by atoms with Crippen molar-refractivity contribution in [3.05, 3.63) is 29.8 Å². The van der Waals surface area contributed by atoms with Crippen molar-refractivity contribution in [1.29, 1.82) is 0 Å². The van der Waals surface area contributed by atoms with Crippen LogP contribution in [0.2, 0.25) is 0 Å². The smallest absolute Gasteiger partial charge is 0.226 e. The maximum atomic E-state index is 12.5. The van der Waals surface area contributed by atoms with Gasteiger partial charge in [-0.2, -0.15) is 0 Å². The lowest BCUT2D eigenvalue weighted by molar-refractivity contribution is -0.137. The van der Waals surface area contributed by atoms with E-state index in [0.717, 1.165) is 51.3 Å². The van der Waals surface area contributed by atoms with E-state index in [1.54, 1.807) is 7.11 Å². The zero-order valence-corrected chi connectivity index (χ0v) is 14.0. The molecule has 1 heterocycles. The Balaban J connectivity index is 1.93. The van der Waals surface area contributed by atoms with Crippen molar-refractivity contribution in [3.8, 4) is 5.75 Å². The number of hydrogen-bond donors (Lipinski definition) is 0. The summed E-state index contributed by atoms with van der Waals surface area (Å²) in [5.41, 5.74) is 1.27. The van der Waals surface area contributed by atoms with Crippen LogP contribution in [0, 0.1) is 5.92 Å². The van der Waals surface area contributed by atoms with Crippen molar-refractivity contribution in [2.75, 3.05) is 33.3 Å². The van der Waals surface area contributed by atoms with Gasteiger partial charge in [0, 0.05) is 26.2 Å². The third kappa shape index (κ3) is 4.23. The van der Waals surface area contributed by atoms with Crippen LogP contribution in [0.15, 0.2) is 24.3 Å². The topological polar surface area (TPSA) is 32.8 Å². The van der Waals surface area contributed by atoms with Gasteiger partial charge in [-0.3, -0.25) is 9.69 Å². The number of piperidine rings is 1. The van der Waals surface area contributed by atoms with Crippen LogP contribution in [0.25, 0.3) is 0 Å². The van der Waals surface area contributed by atoms with Crippen LogP contribution in [-0.4, -0.2) is 49.0 Å². The predicted octanol–water partition coefficient (Wildman–Crippen LogP) is 2.78. The molecule has 1 aromatic rings. The van der Waals surface area contributed by atoms with Crippen molar-refractivity contribution in [2.45, 2.75) is 33.2 Å². The van der Waals surface area contributed by atoms with Crippen LogP contribution in [0.3, 0.4) is 0 Å². The number of hydrogen-bond acceptors (Lipinski definition) is 3. The van der Waals surface area contributed by atoms with Gasteiger partial charge in [0.05, 0.1) is 13.0 Å². The summed E-state index contributed by atoms with van der Waals surface area (Å²) < 4.78 is 5.19. The number of carbonyl (C=O) groups is 1. The van der Waals surface area contributed by atoms with Crippen molar-refractivity contribution in [2.24, 2.45) is 5.92 Å². The second-order valence-electron chi connectivity index (χ2n) is 5.93. The second-order valence-corrected chi connectivity index (χ2v) is 5.93. The monoisotopic (exact) mass is 304 g/mol. The summed E-state index contributed by atoms with van der Waals surface area (Å²) in [6.07, 6.45) is 2.13. The van der Waals surface area contributed by atoms with Gasteiger partial charge in [-0.05, 0) is 50.9 Å². The molecule has 1 atom stereocenters. The van der Waals surface area contributed by atoms with Crippen molar-refractivity contribution >= 4 is 5.91 Å². The summed E-state index contributed by atoms with van der Waals surface area (Å²) in [5.74, 6) is 1.37. The summed E-state index contributed by atoms with van der Waals surface area (Å²) in [5, 5.41) is 0. The molecule has 1 fully saturated rings. The quantitative estimate of drug-likeness (QED) is 0.810. The molecular formula is C18H28N2O2. The molecule has 0 saturated carbocycles. The Morgan fingerprint density at radius 1 is 1.27 bits per heavy atom. The average Bonchev–Trinajstić information content (AvgIpc) is 2.57. The molecule has 22 heavy (non-hydrogen) atoms. The molecule has 0 N–H and O–H groups in total. The predicted molar refractivity (Wildman–Crippen MR) is 88.9 cm³/mol. The van der Waals surface area contributed by atoms with Crippen LogP contribution in [-0.2, 0) is 11.3 Å². The molecule has 2 rings (SSSR count). The summed E-state index contributed by atoms with van der Waals surface area (Å²) in [4.78, 5) is 16.9. The van der Waals surface area contributed by atoms with Gasteiger partial charge in [0.25, 0.3) is 0 Å². The Morgan fingerprint density at radius 3 is 2.55 bits per heavy atom. The first-order valence-corrected chi connectivity index (χ1v) is 8.32. The third-order valence-corrected chi connectivity index (χ3v) is 4.50. The van der Waals surface area contributed by atoms with Gasteiger partial charge in [0.15, 0.2) is 0 Å². The van der Waals surface area contributed by atoms with Crippen LogP contribution in [0.5, 0.6) is 5.75 Å². The zero-order valence-electron chi connectivity index (χ0n) is 14.0. The van der Waals surface area contributed by atoms with Crippen LogP contribution in [0.1, 0.15) is 32.3 Å². The Bertz CT molecular complexity index is 468. The Morgan fingerprint density at radius 2 is 1.95 bits per heavy atom. The fourth-order valence-corrected chi connectivity index (χ4v) is 3.18. The molecule has 1 saturated heterocycles. The van der Waals surface area contributed by atoms with Gasteiger partial charge in [-0.15, -0.1) is 0 Å². The second kappa shape index (κ2) is 8.18. The summed E-state index contributed by atoms with van der Waals surface area (Å²) in [6, 6.07) is 8.21. The molecular weight excluding hydrogens is 276 g/mol. The van der Waals surface area contributed by atoms with E-state index in [1.165, 1.54) is 5.56 Å². The normalized spacial score (nSPS) is 19.0. The first-order valence-electron chi connectivity index (χ1n) is 8.32. The number of carbonyl (C=O) groups excluding carboxylic acids is 1. The molecule has 0 bridgehead atoms. The van der Waals surface area contributed by atoms with Crippen LogP contribution in [0.4, 0.5) is 0 Å². The molecule has 1 aromatic carbocycles. The fraction of sp³-hybridized carbons (Fsp3) is 0.611. The van der Waals surface area contributed by atoms with Crippen molar-refractivity contribution < 1.29 is 9.53 Å². The molecule has 4 heteroatoms. The van der Waals surface area contributed by atoms with Gasteiger partial charge in [-0.25, -0.2) is 0 Å². The van der Waals surface area contributed by atoms with E-state index < -0.39 is 0 Å². The van der Waals surface area contributed by atoms with E-state index in [2.05, 4.69) is 30.9 Å². The van der Waals surface area contributed by atoms with Gasteiger partial charge in [-0.1, -0.05) is 12.1 Å². The van der Waals surface area contributed by atoms with E-state index in [4.69, 9.17) is 4.74 Å². The van der Waals surface area contributed by atoms with E-state index in [9.17, 15) is 4.79 Å². The number of nitrogens with zero attached hydrogens (tertiary/aromatic N) is 2. The van der Waals surface area contributed by atoms with Crippen LogP contribution < -0.4 is 4.74 Å². The number of likely N-dealkylation sites (tertiary alicyclic amines) is 1. The number of rotatable bonds is 6. The largest absolute Gasteiger partial charge is 0.497 e. The van der Waals surface area contributed by atoms with Crippen molar-refractivity contribution in [1.82, 2.24) is 9.80 Å². The molecule has 1 aliphatic heterocycles. The molecule has 0 aliphatic carbocycles. The highest BCUT2D eigenvalue weighted by Gasteiger charge is 2.28. The summed E-state index contributed by atoms with van der Waals surface area (Å²) in [6.45, 7) is 8.59. The van der Waals surface area contributed by atoms with E-state index in [1.807, 2.05) is 17.0 Å². The van der Waals surface area contributed by atoms with E-state index in [-0.39, 0.29) is 5.92 Å². The molecule has 1 aliphatic rings. The highest BCUT2D eigenvalue weighted by atomic mass is 16.5. The van der Waals surface area contributed by atoms with Gasteiger partial charge >= 0.3 is 0 Å². The van der Waals surface area contributed by atoms with Gasteiger partial charge in [0.2, 0.25) is 5.91 Å². The first kappa shape index (κ1) is 16.8. The maximum Gasteiger partial charge on any atom is 0.226 e. The highest BCUT2D eigenvalue weighted by Crippen LogP contribution is 2.21. The Kier molecular flexibility index (Phi) is 6.25. The Labute approximate surface area is 134 Å². The first-order chi connectivity index (χ1) is 10.7. The SMILES string of the molecule is CCN(CC)C(=O)[C@H]1CCCN(Cc2ccc(OC)cc2)C1. The molecule has 1 amide bonds. The minimum Gasteiger partial charge on any atom is -0.497 e. The summed E-state index contributed by atoms with van der Waals surface area (Å²) in [7, 11) is 1.68. The molecule has 4 nitrogen and oxygen atoms in total. The maximum absolute atomic E-state index is 12.5. The Hall–Kier alpha value is -1.55. The average molecular weight is 304 g/mol. The number of benzene rings is 1. The summed E-state index contributed by atoms with van der Waals surface area (Å²) >= 11 is 0. The van der Waals surface area contributed by atoms with E-state index in [0.29, 0.717) is 5.91 Å². The lowest BCUT2D eigenvalue weighted by Crippen LogP contribution is -2.44. The van der Waals surface area contributed by atoms with Gasteiger partial charge in [0.1, 0.15) is 5.75 Å². The third-order valence-electron chi connectivity index (χ3n) is 4.50. The number of methoxy groups -OCH3 is 1. The molecule has 0 aromatic heterocycles.